The first kappa shape index (κ1) is 26.1. The molecule has 1 heterocycles. The fraction of sp³-hybridized carbons (Fsp3) is 0.654. The first-order valence-electron chi connectivity index (χ1n) is 12.2. The van der Waals surface area contributed by atoms with Crippen molar-refractivity contribution in [3.05, 3.63) is 40.3 Å². The summed E-state index contributed by atoms with van der Waals surface area (Å²) in [5.74, 6) is -4.60. The summed E-state index contributed by atoms with van der Waals surface area (Å²) in [7, 11) is 0. The molecule has 0 aromatic carbocycles. The fourth-order valence-corrected chi connectivity index (χ4v) is 7.56. The van der Waals surface area contributed by atoms with Gasteiger partial charge in [-0.25, -0.2) is 4.79 Å². The molecule has 0 aliphatic heterocycles. The Bertz CT molecular complexity index is 1250. The highest BCUT2D eigenvalue weighted by Gasteiger charge is 2.76. The Kier molecular flexibility index (Phi) is 5.48. The van der Waals surface area contributed by atoms with E-state index in [2.05, 4.69) is 23.5 Å². The van der Waals surface area contributed by atoms with Crippen molar-refractivity contribution in [2.75, 3.05) is 6.61 Å². The van der Waals surface area contributed by atoms with E-state index in [4.69, 9.17) is 4.74 Å². The lowest BCUT2D eigenvalue weighted by Crippen LogP contribution is -2.65. The van der Waals surface area contributed by atoms with E-state index < -0.39 is 65.1 Å². The summed E-state index contributed by atoms with van der Waals surface area (Å²) in [6.45, 7) is 7.86. The average Bonchev–Trinajstić information content (AvgIpc) is 3.07. The van der Waals surface area contributed by atoms with E-state index in [1.807, 2.05) is 0 Å². The number of esters is 1. The molecule has 4 aliphatic carbocycles. The molecule has 2 saturated carbocycles. The van der Waals surface area contributed by atoms with Crippen LogP contribution < -0.4 is 0 Å². The molecule has 4 aliphatic rings. The lowest BCUT2D eigenvalue weighted by molar-refractivity contribution is -0.190. The second-order valence-corrected chi connectivity index (χ2v) is 11.6. The quantitative estimate of drug-likeness (QED) is 0.406. The van der Waals surface area contributed by atoms with E-state index in [0.717, 1.165) is 6.92 Å². The fourth-order valence-electron chi connectivity index (χ4n) is 7.56. The maximum atomic E-state index is 14.3. The highest BCUT2D eigenvalue weighted by molar-refractivity contribution is 5.96. The van der Waals surface area contributed by atoms with Crippen molar-refractivity contribution in [2.24, 2.45) is 34.5 Å². The van der Waals surface area contributed by atoms with Gasteiger partial charge in [0.2, 0.25) is 0 Å². The van der Waals surface area contributed by atoms with Gasteiger partial charge < -0.3 is 24.6 Å². The predicted molar refractivity (Wildman–Crippen MR) is 121 cm³/mol. The van der Waals surface area contributed by atoms with Crippen LogP contribution in [0.3, 0.4) is 0 Å². The molecule has 202 valence electrons. The number of hydrogen-bond donors (Lipinski definition) is 3. The molecule has 37 heavy (non-hydrogen) atoms. The standard InChI is InChI=1S/C26H30F3NO7/c1-10-8-24-11(2)6-15-17(23(15,4)5)14(19(24)33)7-13(9-31)18(32)25(24,35)20(10)36-22(34)16-12(3)30-37-21(16)26(27,28)29/h7-8,11,14-15,17-18,20,31-32,35H,6,9H2,1-5H3/t11-,14+,15-,17+,18-,20+,24+,25+/m1/s1. The highest BCUT2D eigenvalue weighted by atomic mass is 19.4. The topological polar surface area (TPSA) is 130 Å². The SMILES string of the molecule is CC1=C[C@]23C(=O)[C@@H](C=C(CO)[C@@H](O)[C@]2(O)[C@H]1OC(=O)c1c(C)noc1C(F)(F)F)[C@H]1[C@@H](C[C@H]3C)C1(C)C. The number of aliphatic hydroxyl groups is 3. The van der Waals surface area contributed by atoms with Gasteiger partial charge >= 0.3 is 12.1 Å². The molecule has 8 nitrogen and oxygen atoms in total. The average molecular weight is 526 g/mol. The monoisotopic (exact) mass is 525 g/mol. The van der Waals surface area contributed by atoms with Crippen molar-refractivity contribution in [3.8, 4) is 0 Å². The van der Waals surface area contributed by atoms with E-state index in [1.165, 1.54) is 19.1 Å². The summed E-state index contributed by atoms with van der Waals surface area (Å²) in [4.78, 5) is 27.4. The summed E-state index contributed by atoms with van der Waals surface area (Å²) in [5.41, 5.74) is -5.42. The number of rotatable bonds is 3. The number of fused-ring (bicyclic) bond motifs is 3. The smallest absolute Gasteiger partial charge is 0.451 e. The van der Waals surface area contributed by atoms with Crippen molar-refractivity contribution in [1.29, 1.82) is 0 Å². The van der Waals surface area contributed by atoms with E-state index in [0.29, 0.717) is 6.42 Å². The number of carbonyl (C=O) groups excluding carboxylic acids is 2. The van der Waals surface area contributed by atoms with Crippen LogP contribution in [-0.2, 0) is 15.7 Å². The van der Waals surface area contributed by atoms with Gasteiger partial charge in [0.05, 0.1) is 17.7 Å². The van der Waals surface area contributed by atoms with Crippen molar-refractivity contribution in [2.45, 2.75) is 65.0 Å². The molecule has 0 amide bonds. The molecular weight excluding hydrogens is 495 g/mol. The van der Waals surface area contributed by atoms with Crippen LogP contribution in [0.25, 0.3) is 0 Å². The van der Waals surface area contributed by atoms with Crippen LogP contribution in [0.5, 0.6) is 0 Å². The molecule has 1 aromatic heterocycles. The van der Waals surface area contributed by atoms with Crippen LogP contribution in [0.15, 0.2) is 27.8 Å². The van der Waals surface area contributed by atoms with Crippen LogP contribution in [0.4, 0.5) is 13.2 Å². The minimum Gasteiger partial charge on any atom is -0.451 e. The Morgan fingerprint density at radius 1 is 1.30 bits per heavy atom. The number of alkyl halides is 3. The molecular formula is C26H30F3NO7. The summed E-state index contributed by atoms with van der Waals surface area (Å²) in [6, 6.07) is 0. The number of ketones is 1. The van der Waals surface area contributed by atoms with Gasteiger partial charge in [-0.1, -0.05) is 38.1 Å². The Morgan fingerprint density at radius 2 is 1.95 bits per heavy atom. The summed E-state index contributed by atoms with van der Waals surface area (Å²) >= 11 is 0. The van der Waals surface area contributed by atoms with Gasteiger partial charge in [-0.2, -0.15) is 13.2 Å². The van der Waals surface area contributed by atoms with E-state index in [9.17, 15) is 38.1 Å². The second-order valence-electron chi connectivity index (χ2n) is 11.6. The zero-order chi connectivity index (χ0) is 27.5. The summed E-state index contributed by atoms with van der Waals surface area (Å²) in [5, 5.41) is 37.2. The number of aliphatic hydroxyl groups excluding tert-OH is 2. The van der Waals surface area contributed by atoms with Gasteiger partial charge in [-0.3, -0.25) is 4.79 Å². The van der Waals surface area contributed by atoms with Crippen LogP contribution in [0.1, 0.15) is 55.9 Å². The number of aryl methyl sites for hydroxylation is 1. The molecule has 0 radical (unpaired) electrons. The Labute approximate surface area is 211 Å². The van der Waals surface area contributed by atoms with Crippen LogP contribution >= 0.6 is 0 Å². The van der Waals surface area contributed by atoms with Gasteiger partial charge in [-0.15, -0.1) is 0 Å². The van der Waals surface area contributed by atoms with Gasteiger partial charge in [-0.05, 0) is 54.6 Å². The first-order chi connectivity index (χ1) is 17.0. The van der Waals surface area contributed by atoms with E-state index in [-0.39, 0.29) is 39.9 Å². The number of hydrogen-bond acceptors (Lipinski definition) is 8. The third-order valence-corrected chi connectivity index (χ3v) is 9.45. The Morgan fingerprint density at radius 3 is 2.54 bits per heavy atom. The number of aromatic nitrogens is 1. The number of halogens is 3. The minimum atomic E-state index is -5.03. The molecule has 0 unspecified atom stereocenters. The largest absolute Gasteiger partial charge is 0.453 e. The Balaban J connectivity index is 1.63. The number of carbonyl (C=O) groups is 2. The van der Waals surface area contributed by atoms with Gasteiger partial charge in [0.1, 0.15) is 11.7 Å². The maximum absolute atomic E-state index is 14.3. The highest BCUT2D eigenvalue weighted by Crippen LogP contribution is 2.71. The predicted octanol–water partition coefficient (Wildman–Crippen LogP) is 3.00. The number of nitrogens with zero attached hydrogens (tertiary/aromatic N) is 1. The minimum absolute atomic E-state index is 0.000405. The van der Waals surface area contributed by atoms with Crippen LogP contribution in [0, 0.1) is 41.4 Å². The van der Waals surface area contributed by atoms with Crippen molar-refractivity contribution < 1.29 is 47.3 Å². The number of allylic oxidation sites excluding steroid dienone is 1. The zero-order valence-corrected chi connectivity index (χ0v) is 21.1. The summed E-state index contributed by atoms with van der Waals surface area (Å²) in [6.07, 6.45) is -4.97. The van der Waals surface area contributed by atoms with E-state index in [1.54, 1.807) is 6.92 Å². The van der Waals surface area contributed by atoms with Gasteiger partial charge in [0.25, 0.3) is 5.76 Å². The van der Waals surface area contributed by atoms with Crippen LogP contribution in [0.2, 0.25) is 0 Å². The molecule has 8 atom stereocenters. The molecule has 2 fully saturated rings. The van der Waals surface area contributed by atoms with E-state index >= 15 is 0 Å². The lowest BCUT2D eigenvalue weighted by Gasteiger charge is -2.48. The van der Waals surface area contributed by atoms with Crippen molar-refractivity contribution in [1.82, 2.24) is 5.16 Å². The van der Waals surface area contributed by atoms with Crippen LogP contribution in [-0.4, -0.2) is 56.6 Å². The normalized spacial score (nSPS) is 40.1. The first-order valence-corrected chi connectivity index (χ1v) is 12.2. The lowest BCUT2D eigenvalue weighted by atomic mass is 9.59. The Hall–Kier alpha value is -2.50. The molecule has 1 spiro atoms. The zero-order valence-electron chi connectivity index (χ0n) is 21.1. The maximum Gasteiger partial charge on any atom is 0.453 e. The number of ether oxygens (including phenoxy) is 1. The third kappa shape index (κ3) is 3.16. The molecule has 1 aromatic rings. The number of Topliss-reactive ketones (excluding diaryl/α,β-unsaturated/α-hetero) is 1. The second kappa shape index (κ2) is 7.77. The molecule has 2 bridgehead atoms. The van der Waals surface area contributed by atoms with Gasteiger partial charge in [0, 0.05) is 5.92 Å². The summed E-state index contributed by atoms with van der Waals surface area (Å²) < 4.78 is 50.2. The molecule has 5 rings (SSSR count). The van der Waals surface area contributed by atoms with Crippen molar-refractivity contribution in [3.63, 3.8) is 0 Å². The van der Waals surface area contributed by atoms with Crippen molar-refractivity contribution >= 4 is 11.8 Å². The molecule has 11 heteroatoms. The van der Waals surface area contributed by atoms with Gasteiger partial charge in [0.15, 0.2) is 17.5 Å². The molecule has 3 N–H and O–H groups in total. The third-order valence-electron chi connectivity index (χ3n) is 9.45. The molecule has 0 saturated heterocycles.